The van der Waals surface area contributed by atoms with E-state index in [0.29, 0.717) is 0 Å². The number of fused-ring (bicyclic) bond motifs is 4. The number of carbonyl (C=O) groups excluding carboxylic acids is 1. The van der Waals surface area contributed by atoms with Gasteiger partial charge in [0.05, 0.1) is 21.6 Å². The van der Waals surface area contributed by atoms with Crippen molar-refractivity contribution >= 4 is 49.3 Å². The number of para-hydroxylation sites is 1. The summed E-state index contributed by atoms with van der Waals surface area (Å²) in [7, 11) is 0. The van der Waals surface area contributed by atoms with Crippen molar-refractivity contribution in [2.45, 2.75) is 34.6 Å². The van der Waals surface area contributed by atoms with E-state index >= 15 is 0 Å². The number of benzene rings is 3. The van der Waals surface area contributed by atoms with E-state index in [9.17, 15) is 4.79 Å². The van der Waals surface area contributed by atoms with Crippen molar-refractivity contribution < 1.29 is 34.4 Å². The molecule has 0 saturated carbocycles. The Balaban J connectivity index is 0.000000394. The van der Waals surface area contributed by atoms with Crippen LogP contribution in [0.4, 0.5) is 0 Å². The first kappa shape index (κ1) is 28.4. The quantitative estimate of drug-likeness (QED) is 0.113. The zero-order valence-electron chi connectivity index (χ0n) is 22.4. The van der Waals surface area contributed by atoms with Gasteiger partial charge in [0.2, 0.25) is 0 Å². The Hall–Kier alpha value is -3.57. The number of hydrogen-bond donors (Lipinski definition) is 1. The van der Waals surface area contributed by atoms with Gasteiger partial charge in [-0.1, -0.05) is 52.9 Å². The average Bonchev–Trinajstić information content (AvgIpc) is 3.43. The van der Waals surface area contributed by atoms with Gasteiger partial charge in [-0.15, -0.1) is 29.5 Å². The number of aryl methyl sites for hydroxylation is 3. The number of nitrogens with zero attached hydrogens (tertiary/aromatic N) is 1. The van der Waals surface area contributed by atoms with Gasteiger partial charge in [-0.05, 0) is 75.2 Å². The summed E-state index contributed by atoms with van der Waals surface area (Å²) in [5.74, 6) is -0.0625. The number of furan rings is 1. The van der Waals surface area contributed by atoms with Crippen molar-refractivity contribution in [1.82, 2.24) is 4.98 Å². The van der Waals surface area contributed by atoms with Crippen molar-refractivity contribution in [2.75, 3.05) is 0 Å². The molecule has 0 amide bonds. The second kappa shape index (κ2) is 11.7. The number of rotatable bonds is 3. The third kappa shape index (κ3) is 5.89. The molecule has 39 heavy (non-hydrogen) atoms. The Morgan fingerprint density at radius 3 is 2.36 bits per heavy atom. The molecule has 0 aliphatic heterocycles. The Morgan fingerprint density at radius 1 is 0.974 bits per heavy atom. The summed E-state index contributed by atoms with van der Waals surface area (Å²) in [5, 5.41) is 10.6. The molecule has 6 aromatic rings. The Morgan fingerprint density at radius 2 is 1.69 bits per heavy atom. The number of aliphatic hydroxyl groups excluding tert-OH is 1. The molecule has 4 nitrogen and oxygen atoms in total. The van der Waals surface area contributed by atoms with E-state index in [-0.39, 0.29) is 31.6 Å². The maximum Gasteiger partial charge on any atom is 0.155 e. The van der Waals surface area contributed by atoms with Crippen molar-refractivity contribution in [3.8, 4) is 21.7 Å². The number of carbonyl (C=O) groups is 1. The molecule has 1 N–H and O–H groups in total. The number of aliphatic hydroxyl groups is 1. The minimum Gasteiger partial charge on any atom is -0.512 e. The molecule has 0 fully saturated rings. The third-order valence-electron chi connectivity index (χ3n) is 6.30. The first-order valence-corrected chi connectivity index (χ1v) is 13.2. The van der Waals surface area contributed by atoms with Crippen molar-refractivity contribution in [2.24, 2.45) is 0 Å². The predicted molar refractivity (Wildman–Crippen MR) is 158 cm³/mol. The number of hydrogen-bond acceptors (Lipinski definition) is 5. The Kier molecular flexibility index (Phi) is 8.51. The maximum absolute atomic E-state index is 10.0. The van der Waals surface area contributed by atoms with Gasteiger partial charge in [-0.2, -0.15) is 0 Å². The van der Waals surface area contributed by atoms with Crippen LogP contribution in [-0.2, 0) is 24.9 Å². The fourth-order valence-electron chi connectivity index (χ4n) is 4.93. The summed E-state index contributed by atoms with van der Waals surface area (Å²) in [5.41, 5.74) is 9.78. The average molecular weight is 711 g/mol. The zero-order chi connectivity index (χ0) is 27.0. The molecule has 0 aliphatic carbocycles. The number of ketones is 1. The third-order valence-corrected chi connectivity index (χ3v) is 7.41. The summed E-state index contributed by atoms with van der Waals surface area (Å²) < 4.78 is 7.39. The van der Waals surface area contributed by atoms with Gasteiger partial charge in [-0.3, -0.25) is 9.78 Å². The Bertz CT molecular complexity index is 1830. The Labute approximate surface area is 245 Å². The van der Waals surface area contributed by atoms with Gasteiger partial charge in [0.15, 0.2) is 5.78 Å². The van der Waals surface area contributed by atoms with Gasteiger partial charge in [0.1, 0.15) is 5.58 Å². The van der Waals surface area contributed by atoms with E-state index in [1.807, 2.05) is 24.3 Å². The molecule has 3 aromatic carbocycles. The van der Waals surface area contributed by atoms with Crippen molar-refractivity contribution in [3.05, 3.63) is 101 Å². The topological polar surface area (TPSA) is 63.3 Å². The fourth-order valence-corrected chi connectivity index (χ4v) is 6.11. The van der Waals surface area contributed by atoms with Gasteiger partial charge >= 0.3 is 0 Å². The van der Waals surface area contributed by atoms with Crippen LogP contribution in [0.25, 0.3) is 53.9 Å². The standard InChI is InChI=1S/C28H20NOS.C5H8O2.Ir/c1-16-13-17(2)27(18(3)14-16)26-15-23-25(31-26)12-11-22(29-23)21-9-6-8-20-19-7-4-5-10-24(19)30-28(20)21;1-4(6)3-5(2)7;/h4-8,10-15H,1-3H3;3,6H,1-2H3;/q-1;;/b;4-3-;. The molecule has 0 bridgehead atoms. The zero-order valence-corrected chi connectivity index (χ0v) is 25.6. The van der Waals surface area contributed by atoms with Gasteiger partial charge in [0, 0.05) is 36.4 Å². The minimum absolute atomic E-state index is 0. The molecular weight excluding hydrogens is 683 g/mol. The second-order valence-corrected chi connectivity index (χ2v) is 10.6. The molecule has 6 rings (SSSR count). The normalized spacial score (nSPS) is 11.4. The summed E-state index contributed by atoms with van der Waals surface area (Å²) in [6, 6.07) is 26.5. The summed E-state index contributed by atoms with van der Waals surface area (Å²) >= 11 is 1.80. The molecule has 199 valence electrons. The molecule has 0 aliphatic rings. The van der Waals surface area contributed by atoms with Crippen molar-refractivity contribution in [1.29, 1.82) is 0 Å². The van der Waals surface area contributed by atoms with Crippen LogP contribution in [0, 0.1) is 26.8 Å². The largest absolute Gasteiger partial charge is 0.512 e. The minimum atomic E-state index is -0.125. The van der Waals surface area contributed by atoms with Gasteiger partial charge in [0.25, 0.3) is 0 Å². The van der Waals surface area contributed by atoms with E-state index in [4.69, 9.17) is 14.5 Å². The van der Waals surface area contributed by atoms with Crippen LogP contribution in [0.2, 0.25) is 0 Å². The van der Waals surface area contributed by atoms with Crippen LogP contribution in [0.5, 0.6) is 0 Å². The first-order valence-electron chi connectivity index (χ1n) is 12.4. The molecule has 1 radical (unpaired) electrons. The van der Waals surface area contributed by atoms with E-state index < -0.39 is 0 Å². The molecule has 3 aromatic heterocycles. The molecule has 0 atom stereocenters. The molecule has 0 saturated heterocycles. The van der Waals surface area contributed by atoms with Gasteiger partial charge < -0.3 is 9.52 Å². The number of aromatic nitrogens is 1. The SMILES string of the molecule is CC(=O)/C=C(/C)O.Cc1cc(C)c(-c2cc3nc(-c4[c-]ccc5c4oc4ccccc45)ccc3s2)c(C)c1.[Ir]. The van der Waals surface area contributed by atoms with E-state index in [1.165, 1.54) is 51.8 Å². The predicted octanol–water partition coefficient (Wildman–Crippen LogP) is 9.29. The first-order chi connectivity index (χ1) is 18.2. The van der Waals surface area contributed by atoms with E-state index in [0.717, 1.165) is 38.7 Å². The van der Waals surface area contributed by atoms with Gasteiger partial charge in [-0.25, -0.2) is 0 Å². The molecule has 0 unspecified atom stereocenters. The van der Waals surface area contributed by atoms with Crippen LogP contribution in [0.1, 0.15) is 30.5 Å². The summed E-state index contributed by atoms with van der Waals surface area (Å²) in [4.78, 5) is 16.3. The van der Waals surface area contributed by atoms with E-state index in [2.05, 4.69) is 69.3 Å². The smallest absolute Gasteiger partial charge is 0.155 e. The molecule has 0 spiro atoms. The monoisotopic (exact) mass is 711 g/mol. The van der Waals surface area contributed by atoms with Crippen LogP contribution in [0.15, 0.2) is 83.0 Å². The van der Waals surface area contributed by atoms with Crippen LogP contribution in [-0.4, -0.2) is 15.9 Å². The second-order valence-electron chi connectivity index (χ2n) is 9.55. The van der Waals surface area contributed by atoms with Crippen LogP contribution in [0.3, 0.4) is 0 Å². The summed E-state index contributed by atoms with van der Waals surface area (Å²) in [6.45, 7) is 9.38. The van der Waals surface area contributed by atoms with Crippen molar-refractivity contribution in [3.63, 3.8) is 0 Å². The fraction of sp³-hybridized carbons (Fsp3) is 0.152. The number of allylic oxidation sites excluding steroid dienone is 2. The number of thiophene rings is 1. The van der Waals surface area contributed by atoms with Crippen LogP contribution >= 0.6 is 11.3 Å². The molecular formula is C33H28IrNO3S-. The maximum atomic E-state index is 10.0. The van der Waals surface area contributed by atoms with E-state index in [1.54, 1.807) is 11.3 Å². The van der Waals surface area contributed by atoms with Crippen LogP contribution < -0.4 is 0 Å². The molecule has 6 heteroatoms. The summed E-state index contributed by atoms with van der Waals surface area (Å²) in [6.07, 6.45) is 1.17. The number of pyridine rings is 1. The molecule has 3 heterocycles.